The van der Waals surface area contributed by atoms with E-state index in [4.69, 9.17) is 4.98 Å². The molecule has 1 aliphatic rings. The van der Waals surface area contributed by atoms with Crippen LogP contribution in [0.2, 0.25) is 0 Å². The highest BCUT2D eigenvalue weighted by Gasteiger charge is 2.23. The molecule has 0 aliphatic heterocycles. The molecule has 0 unspecified atom stereocenters. The summed E-state index contributed by atoms with van der Waals surface area (Å²) < 4.78 is 0. The van der Waals surface area contributed by atoms with Crippen molar-refractivity contribution in [2.24, 2.45) is 0 Å². The molecule has 5 heteroatoms. The topological polar surface area (TPSA) is 70.2 Å². The van der Waals surface area contributed by atoms with Crippen molar-refractivity contribution >= 4 is 21.8 Å². The van der Waals surface area contributed by atoms with Crippen molar-refractivity contribution in [3.8, 4) is 11.3 Å². The molecule has 3 heterocycles. The SMILES string of the molecule is Cc1[nH]ncc1-c1nc2ccc3[nH]ncc3c2c2c1CCC2. The van der Waals surface area contributed by atoms with Crippen LogP contribution in [0.4, 0.5) is 0 Å². The number of rotatable bonds is 1. The van der Waals surface area contributed by atoms with Crippen LogP contribution in [-0.2, 0) is 12.8 Å². The summed E-state index contributed by atoms with van der Waals surface area (Å²) >= 11 is 0. The fourth-order valence-corrected chi connectivity index (χ4v) is 3.70. The van der Waals surface area contributed by atoms with E-state index in [1.165, 1.54) is 28.3 Å². The predicted molar refractivity (Wildman–Crippen MR) is 85.7 cm³/mol. The molecular weight excluding hydrogens is 274 g/mol. The molecule has 1 aliphatic carbocycles. The zero-order valence-electron chi connectivity index (χ0n) is 12.3. The van der Waals surface area contributed by atoms with Gasteiger partial charge in [-0.3, -0.25) is 10.2 Å². The summed E-state index contributed by atoms with van der Waals surface area (Å²) in [7, 11) is 0. The van der Waals surface area contributed by atoms with E-state index in [0.717, 1.165) is 40.8 Å². The smallest absolute Gasteiger partial charge is 0.0778 e. The number of nitrogens with zero attached hydrogens (tertiary/aromatic N) is 3. The number of pyridine rings is 1. The highest BCUT2D eigenvalue weighted by Crippen LogP contribution is 2.38. The molecular formula is C17H15N5. The van der Waals surface area contributed by atoms with E-state index in [1.807, 2.05) is 12.4 Å². The van der Waals surface area contributed by atoms with Gasteiger partial charge in [0.25, 0.3) is 0 Å². The predicted octanol–water partition coefficient (Wildman–Crippen LogP) is 3.30. The number of benzene rings is 1. The number of H-pyrrole nitrogens is 2. The van der Waals surface area contributed by atoms with E-state index in [0.29, 0.717) is 0 Å². The Morgan fingerprint density at radius 3 is 2.73 bits per heavy atom. The first-order valence-electron chi connectivity index (χ1n) is 7.61. The van der Waals surface area contributed by atoms with Gasteiger partial charge in [0.05, 0.1) is 29.1 Å². The molecule has 108 valence electrons. The van der Waals surface area contributed by atoms with E-state index in [-0.39, 0.29) is 0 Å². The Morgan fingerprint density at radius 2 is 1.86 bits per heavy atom. The lowest BCUT2D eigenvalue weighted by Crippen LogP contribution is -1.96. The molecule has 0 radical (unpaired) electrons. The number of aromatic amines is 2. The molecule has 0 saturated carbocycles. The Bertz CT molecular complexity index is 1020. The van der Waals surface area contributed by atoms with Crippen LogP contribution in [-0.4, -0.2) is 25.4 Å². The summed E-state index contributed by atoms with van der Waals surface area (Å²) in [4.78, 5) is 4.98. The van der Waals surface area contributed by atoms with Crippen LogP contribution in [0.1, 0.15) is 23.2 Å². The van der Waals surface area contributed by atoms with Crippen LogP contribution < -0.4 is 0 Å². The molecule has 0 fully saturated rings. The zero-order valence-corrected chi connectivity index (χ0v) is 12.3. The van der Waals surface area contributed by atoms with Gasteiger partial charge in [0.15, 0.2) is 0 Å². The Hall–Kier alpha value is -2.69. The molecule has 22 heavy (non-hydrogen) atoms. The van der Waals surface area contributed by atoms with Gasteiger partial charge in [-0.05, 0) is 49.4 Å². The van der Waals surface area contributed by atoms with Crippen molar-refractivity contribution in [3.63, 3.8) is 0 Å². The maximum atomic E-state index is 4.98. The fourth-order valence-electron chi connectivity index (χ4n) is 3.70. The molecule has 0 spiro atoms. The van der Waals surface area contributed by atoms with Crippen molar-refractivity contribution < 1.29 is 0 Å². The van der Waals surface area contributed by atoms with E-state index in [1.54, 1.807) is 0 Å². The monoisotopic (exact) mass is 289 g/mol. The highest BCUT2D eigenvalue weighted by molar-refractivity contribution is 6.07. The van der Waals surface area contributed by atoms with Crippen LogP contribution in [0, 0.1) is 6.92 Å². The second-order valence-electron chi connectivity index (χ2n) is 5.97. The zero-order chi connectivity index (χ0) is 14.7. The lowest BCUT2D eigenvalue weighted by Gasteiger charge is -2.11. The fraction of sp³-hybridized carbons (Fsp3) is 0.235. The van der Waals surface area contributed by atoms with Crippen LogP contribution >= 0.6 is 0 Å². The van der Waals surface area contributed by atoms with Crippen LogP contribution in [0.25, 0.3) is 33.1 Å². The Morgan fingerprint density at radius 1 is 1.00 bits per heavy atom. The summed E-state index contributed by atoms with van der Waals surface area (Å²) in [6.07, 6.45) is 7.20. The Balaban J connectivity index is 1.95. The van der Waals surface area contributed by atoms with Crippen molar-refractivity contribution in [3.05, 3.63) is 41.3 Å². The number of hydrogen-bond donors (Lipinski definition) is 2. The summed E-state index contributed by atoms with van der Waals surface area (Å²) in [5.41, 5.74) is 8.23. The molecule has 5 rings (SSSR count). The molecule has 0 atom stereocenters. The standard InChI is InChI=1S/C17H15N5/c1-9-12(7-18-21-9)17-11-4-2-3-10(11)16-13-8-19-22-14(13)5-6-15(16)20-17/h5-8H,2-4H2,1H3,(H,18,21)(H,19,22). The van der Waals surface area contributed by atoms with Gasteiger partial charge in [-0.25, -0.2) is 4.98 Å². The van der Waals surface area contributed by atoms with E-state index in [9.17, 15) is 0 Å². The number of aromatic nitrogens is 5. The lowest BCUT2D eigenvalue weighted by molar-refractivity contribution is 0.913. The molecule has 5 nitrogen and oxygen atoms in total. The van der Waals surface area contributed by atoms with Gasteiger partial charge >= 0.3 is 0 Å². The minimum atomic E-state index is 1.05. The number of nitrogens with one attached hydrogen (secondary N) is 2. The van der Waals surface area contributed by atoms with Crippen molar-refractivity contribution in [2.45, 2.75) is 26.2 Å². The van der Waals surface area contributed by atoms with Crippen LogP contribution in [0.3, 0.4) is 0 Å². The largest absolute Gasteiger partial charge is 0.282 e. The van der Waals surface area contributed by atoms with E-state index >= 15 is 0 Å². The molecule has 0 amide bonds. The minimum absolute atomic E-state index is 1.05. The van der Waals surface area contributed by atoms with Gasteiger partial charge in [0.2, 0.25) is 0 Å². The normalized spacial score (nSPS) is 14.0. The molecule has 0 saturated heterocycles. The van der Waals surface area contributed by atoms with E-state index in [2.05, 4.69) is 39.5 Å². The van der Waals surface area contributed by atoms with Crippen molar-refractivity contribution in [1.29, 1.82) is 0 Å². The van der Waals surface area contributed by atoms with Gasteiger partial charge in [-0.2, -0.15) is 10.2 Å². The second kappa shape index (κ2) is 4.16. The van der Waals surface area contributed by atoms with Crippen molar-refractivity contribution in [1.82, 2.24) is 25.4 Å². The maximum absolute atomic E-state index is 4.98. The quantitative estimate of drug-likeness (QED) is 0.565. The number of fused-ring (bicyclic) bond motifs is 5. The van der Waals surface area contributed by atoms with Gasteiger partial charge in [0.1, 0.15) is 0 Å². The maximum Gasteiger partial charge on any atom is 0.0778 e. The summed E-state index contributed by atoms with van der Waals surface area (Å²) in [5.74, 6) is 0. The third-order valence-electron chi connectivity index (χ3n) is 4.72. The van der Waals surface area contributed by atoms with Gasteiger partial charge in [-0.15, -0.1) is 0 Å². The average molecular weight is 289 g/mol. The van der Waals surface area contributed by atoms with E-state index < -0.39 is 0 Å². The Kier molecular flexibility index (Phi) is 2.25. The van der Waals surface area contributed by atoms with Crippen LogP contribution in [0.5, 0.6) is 0 Å². The van der Waals surface area contributed by atoms with Gasteiger partial charge in [-0.1, -0.05) is 0 Å². The lowest BCUT2D eigenvalue weighted by atomic mass is 9.97. The molecule has 1 aromatic carbocycles. The highest BCUT2D eigenvalue weighted by atomic mass is 15.1. The third kappa shape index (κ3) is 1.45. The average Bonchev–Trinajstić information content (AvgIpc) is 3.25. The summed E-state index contributed by atoms with van der Waals surface area (Å²) in [6, 6.07) is 4.15. The number of hydrogen-bond acceptors (Lipinski definition) is 3. The van der Waals surface area contributed by atoms with Gasteiger partial charge < -0.3 is 0 Å². The summed E-state index contributed by atoms with van der Waals surface area (Å²) in [6.45, 7) is 2.05. The minimum Gasteiger partial charge on any atom is -0.282 e. The molecule has 0 bridgehead atoms. The molecule has 4 aromatic rings. The first-order valence-corrected chi connectivity index (χ1v) is 7.61. The first-order chi connectivity index (χ1) is 10.8. The summed E-state index contributed by atoms with van der Waals surface area (Å²) in [5, 5.41) is 16.9. The first kappa shape index (κ1) is 11.9. The number of aryl methyl sites for hydroxylation is 2. The second-order valence-corrected chi connectivity index (χ2v) is 5.97. The molecule has 3 aromatic heterocycles. The van der Waals surface area contributed by atoms with Gasteiger partial charge in [0, 0.05) is 22.0 Å². The Labute approximate surface area is 126 Å². The third-order valence-corrected chi connectivity index (χ3v) is 4.72. The molecule has 2 N–H and O–H groups in total. The van der Waals surface area contributed by atoms with Crippen LogP contribution in [0.15, 0.2) is 24.5 Å². The van der Waals surface area contributed by atoms with Crippen molar-refractivity contribution in [2.75, 3.05) is 0 Å².